The molecule has 2 amide bonds. The first-order chi connectivity index (χ1) is 14.6. The van der Waals surface area contributed by atoms with Crippen molar-refractivity contribution in [3.63, 3.8) is 0 Å². The van der Waals surface area contributed by atoms with E-state index in [2.05, 4.69) is 64.7 Å². The minimum atomic E-state index is -0.268. The van der Waals surface area contributed by atoms with E-state index in [0.717, 1.165) is 22.9 Å². The van der Waals surface area contributed by atoms with Crippen molar-refractivity contribution in [3.05, 3.63) is 70.1 Å². The molecule has 2 aliphatic rings. The van der Waals surface area contributed by atoms with E-state index in [-0.39, 0.29) is 16.7 Å². The molecule has 0 atom stereocenters. The summed E-state index contributed by atoms with van der Waals surface area (Å²) in [5.41, 5.74) is 6.19. The third kappa shape index (κ3) is 3.72. The first kappa shape index (κ1) is 21.4. The molecule has 2 heterocycles. The minimum Gasteiger partial charge on any atom is -0.360 e. The highest BCUT2D eigenvalue weighted by atomic mass is 32.2. The van der Waals surface area contributed by atoms with Gasteiger partial charge in [-0.3, -0.25) is 9.59 Å². The van der Waals surface area contributed by atoms with Gasteiger partial charge in [-0.15, -0.1) is 0 Å². The Kier molecular flexibility index (Phi) is 5.34. The van der Waals surface area contributed by atoms with E-state index in [0.29, 0.717) is 16.6 Å². The molecule has 31 heavy (non-hydrogen) atoms. The molecule has 2 aromatic carbocycles. The van der Waals surface area contributed by atoms with Gasteiger partial charge in [0.15, 0.2) is 0 Å². The van der Waals surface area contributed by atoms with Crippen LogP contribution in [-0.4, -0.2) is 22.7 Å². The number of anilines is 2. The minimum absolute atomic E-state index is 0.0719. The topological polar surface area (TPSA) is 40.6 Å². The Morgan fingerprint density at radius 3 is 2.35 bits per heavy atom. The van der Waals surface area contributed by atoms with Crippen LogP contribution in [0.25, 0.3) is 11.6 Å². The molecule has 0 spiro atoms. The molecule has 160 valence electrons. The number of hydrogen-bond acceptors (Lipinski definition) is 4. The van der Waals surface area contributed by atoms with Gasteiger partial charge in [-0.25, -0.2) is 4.90 Å². The van der Waals surface area contributed by atoms with E-state index in [1.807, 2.05) is 24.3 Å². The monoisotopic (exact) mass is 432 g/mol. The fraction of sp³-hybridized carbons (Fsp3) is 0.308. The SMILES string of the molecule is CC1=CC(C)(C)N(C(C)C)c2cc(C)c(/C=C3\SC(=O)N(c4ccccc4)C3=O)cc21. The summed E-state index contributed by atoms with van der Waals surface area (Å²) in [7, 11) is 0. The van der Waals surface area contributed by atoms with Gasteiger partial charge in [0.1, 0.15) is 0 Å². The number of para-hydroxylation sites is 1. The van der Waals surface area contributed by atoms with Gasteiger partial charge in [0.2, 0.25) is 0 Å². The Morgan fingerprint density at radius 1 is 1.03 bits per heavy atom. The lowest BCUT2D eigenvalue weighted by molar-refractivity contribution is -0.113. The van der Waals surface area contributed by atoms with E-state index in [1.54, 1.807) is 12.1 Å². The number of aryl methyl sites for hydroxylation is 1. The summed E-state index contributed by atoms with van der Waals surface area (Å²) < 4.78 is 0. The standard InChI is InChI=1S/C26H28N2O2S/c1-16(2)28-22-12-17(3)19(13-21(22)18(4)15-26(28,5)6)14-23-24(29)27(25(30)31-23)20-10-8-7-9-11-20/h7-16H,1-6H3/b23-14-. The number of thioether (sulfide) groups is 1. The van der Waals surface area contributed by atoms with Gasteiger partial charge in [-0.2, -0.15) is 0 Å². The molecular formula is C26H28N2O2S. The summed E-state index contributed by atoms with van der Waals surface area (Å²) in [6.45, 7) is 13.1. The first-order valence-corrected chi connectivity index (χ1v) is 11.4. The molecule has 0 saturated carbocycles. The number of fused-ring (bicyclic) bond motifs is 1. The molecule has 2 aromatic rings. The van der Waals surface area contributed by atoms with Crippen LogP contribution >= 0.6 is 11.8 Å². The van der Waals surface area contributed by atoms with Gasteiger partial charge in [-0.1, -0.05) is 24.3 Å². The third-order valence-corrected chi connectivity index (χ3v) is 6.74. The molecule has 1 saturated heterocycles. The first-order valence-electron chi connectivity index (χ1n) is 10.6. The number of imide groups is 1. The number of rotatable bonds is 3. The van der Waals surface area contributed by atoms with Crippen molar-refractivity contribution in [1.82, 2.24) is 0 Å². The van der Waals surface area contributed by atoms with Crippen molar-refractivity contribution in [2.45, 2.75) is 53.1 Å². The van der Waals surface area contributed by atoms with Crippen LogP contribution in [0.2, 0.25) is 0 Å². The second-order valence-electron chi connectivity index (χ2n) is 9.02. The molecule has 0 aliphatic carbocycles. The molecule has 4 nitrogen and oxygen atoms in total. The lowest BCUT2D eigenvalue weighted by atomic mass is 9.86. The molecule has 1 fully saturated rings. The van der Waals surface area contributed by atoms with Crippen molar-refractivity contribution >= 4 is 45.9 Å². The third-order valence-electron chi connectivity index (χ3n) is 5.87. The largest absolute Gasteiger partial charge is 0.360 e. The second-order valence-corrected chi connectivity index (χ2v) is 10.0. The van der Waals surface area contributed by atoms with Crippen molar-refractivity contribution in [1.29, 1.82) is 0 Å². The number of carbonyl (C=O) groups is 2. The number of hydrogen-bond donors (Lipinski definition) is 0. The summed E-state index contributed by atoms with van der Waals surface area (Å²) >= 11 is 0.997. The van der Waals surface area contributed by atoms with Crippen LogP contribution in [0, 0.1) is 6.92 Å². The van der Waals surface area contributed by atoms with Crippen LogP contribution < -0.4 is 9.80 Å². The van der Waals surface area contributed by atoms with Crippen LogP contribution in [0.5, 0.6) is 0 Å². The number of carbonyl (C=O) groups excluding carboxylic acids is 2. The maximum Gasteiger partial charge on any atom is 0.298 e. The number of amides is 2. The Hall–Kier alpha value is -2.79. The van der Waals surface area contributed by atoms with Gasteiger partial charge in [0, 0.05) is 17.3 Å². The highest BCUT2D eigenvalue weighted by Gasteiger charge is 2.37. The van der Waals surface area contributed by atoms with Gasteiger partial charge >= 0.3 is 0 Å². The van der Waals surface area contributed by atoms with Crippen LogP contribution in [0.3, 0.4) is 0 Å². The molecule has 0 N–H and O–H groups in total. The van der Waals surface area contributed by atoms with E-state index >= 15 is 0 Å². The quantitative estimate of drug-likeness (QED) is 0.509. The Morgan fingerprint density at radius 2 is 1.71 bits per heavy atom. The molecule has 0 bridgehead atoms. The lowest BCUT2D eigenvalue weighted by Gasteiger charge is -2.46. The second kappa shape index (κ2) is 7.72. The van der Waals surface area contributed by atoms with Crippen molar-refractivity contribution in [3.8, 4) is 0 Å². The fourth-order valence-corrected chi connectivity index (χ4v) is 5.55. The average Bonchev–Trinajstić information content (AvgIpc) is 2.96. The smallest absolute Gasteiger partial charge is 0.298 e. The zero-order chi connectivity index (χ0) is 22.5. The molecule has 5 heteroatoms. The summed E-state index contributed by atoms with van der Waals surface area (Å²) in [4.78, 5) is 29.7. The van der Waals surface area contributed by atoms with E-state index in [9.17, 15) is 9.59 Å². The summed E-state index contributed by atoms with van der Waals surface area (Å²) in [6.07, 6.45) is 4.16. The highest BCUT2D eigenvalue weighted by molar-refractivity contribution is 8.19. The maximum atomic E-state index is 13.0. The predicted molar refractivity (Wildman–Crippen MR) is 131 cm³/mol. The predicted octanol–water partition coefficient (Wildman–Crippen LogP) is 6.65. The Labute approximate surface area is 188 Å². The molecular weight excluding hydrogens is 404 g/mol. The Balaban J connectivity index is 1.76. The number of allylic oxidation sites excluding steroid dienone is 1. The fourth-order valence-electron chi connectivity index (χ4n) is 4.72. The van der Waals surface area contributed by atoms with E-state index in [1.165, 1.54) is 21.7 Å². The average molecular weight is 433 g/mol. The lowest BCUT2D eigenvalue weighted by Crippen LogP contribution is -2.49. The van der Waals surface area contributed by atoms with Crippen LogP contribution in [-0.2, 0) is 4.79 Å². The van der Waals surface area contributed by atoms with Gasteiger partial charge in [0.05, 0.1) is 16.1 Å². The van der Waals surface area contributed by atoms with E-state index < -0.39 is 0 Å². The Bertz CT molecular complexity index is 1130. The molecule has 2 aliphatic heterocycles. The van der Waals surface area contributed by atoms with Crippen LogP contribution in [0.15, 0.2) is 53.4 Å². The van der Waals surface area contributed by atoms with Crippen molar-refractivity contribution in [2.75, 3.05) is 9.80 Å². The van der Waals surface area contributed by atoms with Gasteiger partial charge < -0.3 is 4.90 Å². The summed E-state index contributed by atoms with van der Waals surface area (Å²) in [5, 5.41) is -0.262. The van der Waals surface area contributed by atoms with Crippen LogP contribution in [0.4, 0.5) is 16.2 Å². The highest BCUT2D eigenvalue weighted by Crippen LogP contribution is 2.43. The molecule has 0 aromatic heterocycles. The molecule has 4 rings (SSSR count). The summed E-state index contributed by atoms with van der Waals surface area (Å²) in [5.74, 6) is -0.268. The van der Waals surface area contributed by atoms with Crippen molar-refractivity contribution in [2.24, 2.45) is 0 Å². The van der Waals surface area contributed by atoms with Crippen LogP contribution in [0.1, 0.15) is 51.3 Å². The molecule has 0 radical (unpaired) electrons. The number of nitrogens with zero attached hydrogens (tertiary/aromatic N) is 2. The maximum absolute atomic E-state index is 13.0. The van der Waals surface area contributed by atoms with Gasteiger partial charge in [-0.05, 0) is 100 Å². The normalized spacial score (nSPS) is 19.3. The number of benzene rings is 2. The zero-order valence-electron chi connectivity index (χ0n) is 18.9. The van der Waals surface area contributed by atoms with E-state index in [4.69, 9.17) is 0 Å². The summed E-state index contributed by atoms with van der Waals surface area (Å²) in [6, 6.07) is 13.8. The van der Waals surface area contributed by atoms with Crippen molar-refractivity contribution < 1.29 is 9.59 Å². The molecule has 0 unspecified atom stereocenters. The van der Waals surface area contributed by atoms with Gasteiger partial charge in [0.25, 0.3) is 11.1 Å². The zero-order valence-corrected chi connectivity index (χ0v) is 19.7.